The van der Waals surface area contributed by atoms with Crippen LogP contribution in [0.1, 0.15) is 25.7 Å². The number of aliphatic carboxylic acids is 1. The average molecular weight is 263 g/mol. The Bertz CT molecular complexity index is 488. The molecule has 0 saturated heterocycles. The van der Waals surface area contributed by atoms with Gasteiger partial charge in [0.2, 0.25) is 6.79 Å². The van der Waals surface area contributed by atoms with E-state index in [9.17, 15) is 4.79 Å². The van der Waals surface area contributed by atoms with Crippen molar-refractivity contribution in [1.82, 2.24) is 0 Å². The Kier molecular flexibility index (Phi) is 3.19. The molecule has 1 heterocycles. The fraction of sp³-hybridized carbons (Fsp3) is 0.500. The molecule has 0 amide bonds. The number of carboxylic acids is 1. The van der Waals surface area contributed by atoms with Crippen molar-refractivity contribution in [3.05, 3.63) is 18.2 Å². The third-order valence-corrected chi connectivity index (χ3v) is 3.77. The first-order valence-corrected chi connectivity index (χ1v) is 6.61. The molecule has 2 atom stereocenters. The molecule has 102 valence electrons. The minimum absolute atomic E-state index is 0.218. The second kappa shape index (κ2) is 4.99. The number of carboxylic acid groups (broad SMARTS) is 1. The SMILES string of the molecule is O=C(O)C1CCCC(Nc2ccc3c(c2)OCO3)C1. The molecule has 0 aromatic heterocycles. The summed E-state index contributed by atoms with van der Waals surface area (Å²) in [5.41, 5.74) is 0.959. The molecule has 2 unspecified atom stereocenters. The zero-order valence-corrected chi connectivity index (χ0v) is 10.6. The van der Waals surface area contributed by atoms with Gasteiger partial charge < -0.3 is 19.9 Å². The third-order valence-electron chi connectivity index (χ3n) is 3.77. The predicted molar refractivity (Wildman–Crippen MR) is 69.6 cm³/mol. The fourth-order valence-electron chi connectivity index (χ4n) is 2.77. The topological polar surface area (TPSA) is 67.8 Å². The molecule has 0 bridgehead atoms. The standard InChI is InChI=1S/C14H17NO4/c16-14(17)9-2-1-3-10(6-9)15-11-4-5-12-13(7-11)19-8-18-12/h4-5,7,9-10,15H,1-3,6,8H2,(H,16,17). The molecule has 3 rings (SSSR count). The molecular weight excluding hydrogens is 246 g/mol. The van der Waals surface area contributed by atoms with Gasteiger partial charge in [-0.05, 0) is 31.4 Å². The summed E-state index contributed by atoms with van der Waals surface area (Å²) in [4.78, 5) is 11.0. The summed E-state index contributed by atoms with van der Waals surface area (Å²) in [7, 11) is 0. The third kappa shape index (κ3) is 2.59. The summed E-state index contributed by atoms with van der Waals surface area (Å²) in [5.74, 6) is 0.602. The Hall–Kier alpha value is -1.91. The van der Waals surface area contributed by atoms with Gasteiger partial charge in [0.15, 0.2) is 11.5 Å². The van der Waals surface area contributed by atoms with E-state index in [1.54, 1.807) is 0 Å². The molecule has 19 heavy (non-hydrogen) atoms. The van der Waals surface area contributed by atoms with E-state index in [0.717, 1.165) is 36.4 Å². The van der Waals surface area contributed by atoms with Crippen molar-refractivity contribution in [2.24, 2.45) is 5.92 Å². The minimum Gasteiger partial charge on any atom is -0.481 e. The van der Waals surface area contributed by atoms with Crippen LogP contribution in [0, 0.1) is 5.92 Å². The molecular formula is C14H17NO4. The van der Waals surface area contributed by atoms with Crippen molar-refractivity contribution in [2.45, 2.75) is 31.7 Å². The van der Waals surface area contributed by atoms with Crippen LogP contribution in [0.3, 0.4) is 0 Å². The largest absolute Gasteiger partial charge is 0.481 e. The summed E-state index contributed by atoms with van der Waals surface area (Å²) in [6.07, 6.45) is 3.44. The first-order valence-electron chi connectivity index (χ1n) is 6.61. The van der Waals surface area contributed by atoms with Gasteiger partial charge in [0, 0.05) is 17.8 Å². The van der Waals surface area contributed by atoms with Crippen molar-refractivity contribution < 1.29 is 19.4 Å². The lowest BCUT2D eigenvalue weighted by molar-refractivity contribution is -0.142. The van der Waals surface area contributed by atoms with E-state index in [1.807, 2.05) is 18.2 Å². The highest BCUT2D eigenvalue weighted by Crippen LogP contribution is 2.35. The number of rotatable bonds is 3. The normalized spacial score (nSPS) is 25.1. The molecule has 2 N–H and O–H groups in total. The van der Waals surface area contributed by atoms with Crippen LogP contribution < -0.4 is 14.8 Å². The number of ether oxygens (including phenoxy) is 2. The first-order chi connectivity index (χ1) is 9.22. The van der Waals surface area contributed by atoms with Crippen LogP contribution in [0.4, 0.5) is 5.69 Å². The maximum atomic E-state index is 11.0. The highest BCUT2D eigenvalue weighted by Gasteiger charge is 2.27. The smallest absolute Gasteiger partial charge is 0.306 e. The highest BCUT2D eigenvalue weighted by molar-refractivity contribution is 5.70. The maximum absolute atomic E-state index is 11.0. The number of nitrogens with one attached hydrogen (secondary N) is 1. The van der Waals surface area contributed by atoms with Gasteiger partial charge in [-0.1, -0.05) is 6.42 Å². The number of anilines is 1. The Balaban J connectivity index is 1.66. The van der Waals surface area contributed by atoms with E-state index >= 15 is 0 Å². The minimum atomic E-state index is -0.683. The van der Waals surface area contributed by atoms with Crippen molar-refractivity contribution >= 4 is 11.7 Å². The van der Waals surface area contributed by atoms with Crippen molar-refractivity contribution in [1.29, 1.82) is 0 Å². The zero-order chi connectivity index (χ0) is 13.2. The van der Waals surface area contributed by atoms with Gasteiger partial charge in [0.05, 0.1) is 5.92 Å². The number of hydrogen-bond acceptors (Lipinski definition) is 4. The molecule has 0 spiro atoms. The average Bonchev–Trinajstić information content (AvgIpc) is 2.86. The van der Waals surface area contributed by atoms with E-state index in [2.05, 4.69) is 5.32 Å². The van der Waals surface area contributed by atoms with Crippen LogP contribution in [0.5, 0.6) is 11.5 Å². The van der Waals surface area contributed by atoms with Crippen LogP contribution in [0.15, 0.2) is 18.2 Å². The van der Waals surface area contributed by atoms with Gasteiger partial charge in [-0.25, -0.2) is 0 Å². The summed E-state index contributed by atoms with van der Waals surface area (Å²) in [5, 5.41) is 12.5. The number of fused-ring (bicyclic) bond motifs is 1. The lowest BCUT2D eigenvalue weighted by Gasteiger charge is -2.28. The molecule has 5 nitrogen and oxygen atoms in total. The quantitative estimate of drug-likeness (QED) is 0.876. The van der Waals surface area contributed by atoms with Gasteiger partial charge in [-0.2, -0.15) is 0 Å². The Morgan fingerprint density at radius 3 is 2.95 bits per heavy atom. The summed E-state index contributed by atoms with van der Waals surface area (Å²) < 4.78 is 10.6. The molecule has 1 saturated carbocycles. The van der Waals surface area contributed by atoms with Gasteiger partial charge >= 0.3 is 5.97 Å². The maximum Gasteiger partial charge on any atom is 0.306 e. The molecule has 1 aromatic carbocycles. The highest BCUT2D eigenvalue weighted by atomic mass is 16.7. The lowest BCUT2D eigenvalue weighted by atomic mass is 9.85. The second-order valence-corrected chi connectivity index (χ2v) is 5.11. The van der Waals surface area contributed by atoms with Crippen LogP contribution in [0.2, 0.25) is 0 Å². The van der Waals surface area contributed by atoms with E-state index in [1.165, 1.54) is 0 Å². The molecule has 5 heteroatoms. The monoisotopic (exact) mass is 263 g/mol. The number of hydrogen-bond donors (Lipinski definition) is 2. The first kappa shape index (κ1) is 12.1. The molecule has 1 fully saturated rings. The predicted octanol–water partition coefficient (Wildman–Crippen LogP) is 2.47. The Morgan fingerprint density at radius 1 is 1.26 bits per heavy atom. The lowest BCUT2D eigenvalue weighted by Crippen LogP contribution is -2.30. The van der Waals surface area contributed by atoms with Crippen molar-refractivity contribution in [2.75, 3.05) is 12.1 Å². The summed E-state index contributed by atoms with van der Waals surface area (Å²) >= 11 is 0. The van der Waals surface area contributed by atoms with Crippen molar-refractivity contribution in [3.8, 4) is 11.5 Å². The van der Waals surface area contributed by atoms with Gasteiger partial charge in [-0.15, -0.1) is 0 Å². The van der Waals surface area contributed by atoms with Crippen LogP contribution >= 0.6 is 0 Å². The molecule has 1 aromatic rings. The van der Waals surface area contributed by atoms with E-state index in [-0.39, 0.29) is 18.8 Å². The Morgan fingerprint density at radius 2 is 2.11 bits per heavy atom. The fourth-order valence-corrected chi connectivity index (χ4v) is 2.77. The zero-order valence-electron chi connectivity index (χ0n) is 10.6. The van der Waals surface area contributed by atoms with E-state index < -0.39 is 5.97 Å². The number of benzene rings is 1. The van der Waals surface area contributed by atoms with Gasteiger partial charge in [-0.3, -0.25) is 4.79 Å². The van der Waals surface area contributed by atoms with Crippen molar-refractivity contribution in [3.63, 3.8) is 0 Å². The molecule has 2 aliphatic rings. The number of carbonyl (C=O) groups is 1. The van der Waals surface area contributed by atoms with Gasteiger partial charge in [0.25, 0.3) is 0 Å². The Labute approximate surface area is 111 Å². The molecule has 1 aliphatic carbocycles. The van der Waals surface area contributed by atoms with E-state index in [4.69, 9.17) is 14.6 Å². The van der Waals surface area contributed by atoms with E-state index in [0.29, 0.717) is 6.42 Å². The van der Waals surface area contributed by atoms with Crippen LogP contribution in [-0.4, -0.2) is 23.9 Å². The summed E-state index contributed by atoms with van der Waals surface area (Å²) in [6.45, 7) is 0.267. The molecule has 0 radical (unpaired) electrons. The second-order valence-electron chi connectivity index (χ2n) is 5.11. The molecule has 1 aliphatic heterocycles. The van der Waals surface area contributed by atoms with Gasteiger partial charge in [0.1, 0.15) is 0 Å². The van der Waals surface area contributed by atoms with Crippen LogP contribution in [0.25, 0.3) is 0 Å². The van der Waals surface area contributed by atoms with Crippen LogP contribution in [-0.2, 0) is 4.79 Å². The summed E-state index contributed by atoms with van der Waals surface area (Å²) in [6, 6.07) is 5.95.